The van der Waals surface area contributed by atoms with Crippen molar-refractivity contribution in [2.45, 2.75) is 70.4 Å². The van der Waals surface area contributed by atoms with Crippen molar-refractivity contribution in [1.29, 1.82) is 0 Å². The molecule has 0 radical (unpaired) electrons. The van der Waals surface area contributed by atoms with Gasteiger partial charge in [-0.15, -0.1) is 0 Å². The van der Waals surface area contributed by atoms with Crippen molar-refractivity contribution in [1.82, 2.24) is 0 Å². The average molecular weight is 475 g/mol. The Morgan fingerprint density at radius 1 is 1.18 bits per heavy atom. The monoisotopic (exact) mass is 474 g/mol. The molecule has 2 rings (SSSR count). The van der Waals surface area contributed by atoms with Crippen LogP contribution in [-0.2, 0) is 29.4 Å². The second kappa shape index (κ2) is 10.4. The van der Waals surface area contributed by atoms with Gasteiger partial charge in [0.15, 0.2) is 6.10 Å². The van der Waals surface area contributed by atoms with Gasteiger partial charge in [-0.25, -0.2) is 9.59 Å². The molecule has 0 heterocycles. The summed E-state index contributed by atoms with van der Waals surface area (Å²) in [6.45, 7) is 5.83. The van der Waals surface area contributed by atoms with E-state index in [0.717, 1.165) is 7.11 Å². The highest BCUT2D eigenvalue weighted by molar-refractivity contribution is 5.82. The lowest BCUT2D eigenvalue weighted by atomic mass is 9.61. The maximum atomic E-state index is 14.1. The van der Waals surface area contributed by atoms with E-state index in [1.165, 1.54) is 31.4 Å². The highest BCUT2D eigenvalue weighted by atomic mass is 19.4. The zero-order valence-corrected chi connectivity index (χ0v) is 19.6. The maximum absolute atomic E-state index is 14.1. The summed E-state index contributed by atoms with van der Waals surface area (Å²) >= 11 is 0. The van der Waals surface area contributed by atoms with Gasteiger partial charge >= 0.3 is 18.1 Å². The molecule has 1 aromatic rings. The maximum Gasteiger partial charge on any atom is 0.432 e. The number of ether oxygens (including phenoxy) is 3. The van der Waals surface area contributed by atoms with E-state index >= 15 is 0 Å². The third kappa shape index (κ3) is 5.69. The van der Waals surface area contributed by atoms with E-state index in [9.17, 15) is 27.9 Å². The van der Waals surface area contributed by atoms with Crippen LogP contribution in [0.15, 0.2) is 30.3 Å². The molecular weight excluding hydrogens is 441 g/mol. The van der Waals surface area contributed by atoms with Gasteiger partial charge in [0, 0.05) is 12.7 Å². The van der Waals surface area contributed by atoms with Gasteiger partial charge in [0.25, 0.3) is 5.60 Å². The van der Waals surface area contributed by atoms with E-state index in [-0.39, 0.29) is 23.8 Å². The first-order valence-electron chi connectivity index (χ1n) is 10.9. The first-order valence-corrected chi connectivity index (χ1v) is 10.9. The quantitative estimate of drug-likeness (QED) is 0.563. The fraction of sp³-hybridized carbons (Fsp3) is 0.667. The first-order chi connectivity index (χ1) is 15.3. The Labute approximate surface area is 192 Å². The number of benzene rings is 1. The Morgan fingerprint density at radius 3 is 2.27 bits per heavy atom. The van der Waals surface area contributed by atoms with Crippen LogP contribution < -0.4 is 0 Å². The number of alkyl halides is 3. The number of hydrogen-bond acceptors (Lipinski definition) is 6. The second-order valence-electron chi connectivity index (χ2n) is 9.40. The largest absolute Gasteiger partial charge is 0.467 e. The fourth-order valence-electron chi connectivity index (χ4n) is 5.15. The van der Waals surface area contributed by atoms with Gasteiger partial charge in [0.05, 0.1) is 7.11 Å². The molecule has 1 N–H and O–H groups in total. The van der Waals surface area contributed by atoms with Gasteiger partial charge < -0.3 is 19.3 Å². The van der Waals surface area contributed by atoms with Gasteiger partial charge in [-0.05, 0) is 42.9 Å². The van der Waals surface area contributed by atoms with E-state index in [2.05, 4.69) is 4.74 Å². The van der Waals surface area contributed by atoms with Crippen LogP contribution in [0.3, 0.4) is 0 Å². The highest BCUT2D eigenvalue weighted by Crippen LogP contribution is 2.49. The summed E-state index contributed by atoms with van der Waals surface area (Å²) in [5, 5.41) is 9.91. The molecule has 0 aromatic heterocycles. The molecule has 0 saturated heterocycles. The SMILES string of the molecule is COC(=O)[C@H](O)CC[C@H]1[C@H](C)C[C@@H](OC(=O)[C@](OC)(c2ccccc2)C(F)(F)F)CC1(C)C. The minimum Gasteiger partial charge on any atom is -0.467 e. The molecule has 1 fully saturated rings. The van der Waals surface area contributed by atoms with Crippen molar-refractivity contribution in [3.05, 3.63) is 35.9 Å². The summed E-state index contributed by atoms with van der Waals surface area (Å²) < 4.78 is 57.2. The zero-order valence-electron chi connectivity index (χ0n) is 19.6. The lowest BCUT2D eigenvalue weighted by molar-refractivity contribution is -0.279. The number of esters is 2. The summed E-state index contributed by atoms with van der Waals surface area (Å²) in [5.41, 5.74) is -3.97. The second-order valence-corrected chi connectivity index (χ2v) is 9.40. The number of methoxy groups -OCH3 is 2. The van der Waals surface area contributed by atoms with Crippen LogP contribution in [-0.4, -0.2) is 49.6 Å². The standard InChI is InChI=1S/C24H33F3O6/c1-15-13-17(14-22(2,3)18(15)11-12-19(28)20(29)31-4)33-21(30)23(32-5,24(25,26)27)16-9-7-6-8-10-16/h6-10,15,17-19,28H,11-14H2,1-5H3/t15-,17-,18+,19-,23-/m1/s1. The molecule has 33 heavy (non-hydrogen) atoms. The Hall–Kier alpha value is -2.13. The molecule has 186 valence electrons. The topological polar surface area (TPSA) is 82.1 Å². The molecule has 1 saturated carbocycles. The van der Waals surface area contributed by atoms with Crippen molar-refractivity contribution in [2.24, 2.45) is 17.3 Å². The number of carbonyl (C=O) groups excluding carboxylic acids is 2. The molecule has 1 aromatic carbocycles. The predicted octanol–water partition coefficient (Wildman–Crippen LogP) is 4.39. The van der Waals surface area contributed by atoms with Crippen LogP contribution in [0.1, 0.15) is 52.0 Å². The Morgan fingerprint density at radius 2 is 1.79 bits per heavy atom. The average Bonchev–Trinajstić information content (AvgIpc) is 2.72. The van der Waals surface area contributed by atoms with Gasteiger partial charge in [-0.3, -0.25) is 0 Å². The van der Waals surface area contributed by atoms with Crippen molar-refractivity contribution >= 4 is 11.9 Å². The molecular formula is C24H33F3O6. The van der Waals surface area contributed by atoms with Gasteiger partial charge in [0.1, 0.15) is 6.10 Å². The molecule has 0 amide bonds. The van der Waals surface area contributed by atoms with Crippen LogP contribution in [0.2, 0.25) is 0 Å². The van der Waals surface area contributed by atoms with E-state index in [4.69, 9.17) is 9.47 Å². The van der Waals surface area contributed by atoms with Crippen molar-refractivity contribution in [3.8, 4) is 0 Å². The van der Waals surface area contributed by atoms with Crippen LogP contribution in [0.25, 0.3) is 0 Å². The van der Waals surface area contributed by atoms with E-state index in [1.807, 2.05) is 20.8 Å². The first kappa shape index (κ1) is 27.1. The number of rotatable bonds is 8. The van der Waals surface area contributed by atoms with Crippen molar-refractivity contribution in [2.75, 3.05) is 14.2 Å². The Balaban J connectivity index is 2.19. The van der Waals surface area contributed by atoms with E-state index in [0.29, 0.717) is 19.3 Å². The molecule has 0 aliphatic heterocycles. The van der Waals surface area contributed by atoms with E-state index < -0.39 is 41.3 Å². The van der Waals surface area contributed by atoms with Crippen molar-refractivity contribution in [3.63, 3.8) is 0 Å². The third-order valence-corrected chi connectivity index (χ3v) is 6.75. The minimum atomic E-state index is -5.03. The Bertz CT molecular complexity index is 810. The summed E-state index contributed by atoms with van der Waals surface area (Å²) in [6, 6.07) is 6.74. The smallest absolute Gasteiger partial charge is 0.432 e. The normalized spacial score (nSPS) is 25.5. The number of halogens is 3. The highest BCUT2D eigenvalue weighted by Gasteiger charge is 2.64. The minimum absolute atomic E-state index is 0.0176. The number of aliphatic hydroxyl groups is 1. The van der Waals surface area contributed by atoms with Crippen LogP contribution in [0.5, 0.6) is 0 Å². The molecule has 5 atom stereocenters. The van der Waals surface area contributed by atoms with Gasteiger partial charge in [0.2, 0.25) is 0 Å². The molecule has 0 bridgehead atoms. The van der Waals surface area contributed by atoms with E-state index in [1.54, 1.807) is 6.07 Å². The molecule has 9 heteroatoms. The fourth-order valence-corrected chi connectivity index (χ4v) is 5.15. The molecule has 0 spiro atoms. The summed E-state index contributed by atoms with van der Waals surface area (Å²) in [6.07, 6.45) is -5.54. The van der Waals surface area contributed by atoms with Gasteiger partial charge in [-0.2, -0.15) is 13.2 Å². The van der Waals surface area contributed by atoms with Gasteiger partial charge in [-0.1, -0.05) is 51.1 Å². The zero-order chi connectivity index (χ0) is 25.0. The van der Waals surface area contributed by atoms with Crippen molar-refractivity contribution < 1.29 is 42.1 Å². The summed E-state index contributed by atoms with van der Waals surface area (Å²) in [4.78, 5) is 24.5. The molecule has 1 aliphatic rings. The molecule has 0 unspecified atom stereocenters. The lowest BCUT2D eigenvalue weighted by Crippen LogP contribution is -2.53. The molecule has 1 aliphatic carbocycles. The number of aliphatic hydroxyl groups excluding tert-OH is 1. The summed E-state index contributed by atoms with van der Waals surface area (Å²) in [5.74, 6) is -2.14. The lowest BCUT2D eigenvalue weighted by Gasteiger charge is -2.47. The predicted molar refractivity (Wildman–Crippen MR) is 114 cm³/mol. The Kier molecular flexibility index (Phi) is 8.57. The number of hydrogen-bond donors (Lipinski definition) is 1. The summed E-state index contributed by atoms with van der Waals surface area (Å²) in [7, 11) is 2.05. The van der Waals surface area contributed by atoms with Crippen LogP contribution in [0, 0.1) is 17.3 Å². The van der Waals surface area contributed by atoms with Crippen LogP contribution in [0.4, 0.5) is 13.2 Å². The third-order valence-electron chi connectivity index (χ3n) is 6.75. The molecule has 6 nitrogen and oxygen atoms in total. The number of carbonyl (C=O) groups is 2. The van der Waals surface area contributed by atoms with Crippen LogP contribution >= 0.6 is 0 Å².